The Hall–Kier alpha value is -4.13. The number of likely N-dealkylation sites (tertiary alicyclic amines) is 1. The van der Waals surface area contributed by atoms with Gasteiger partial charge in [0.15, 0.2) is 0 Å². The molecule has 198 valence electrons. The average molecular weight is 515 g/mol. The number of pyridine rings is 1. The highest BCUT2D eigenvalue weighted by molar-refractivity contribution is 6.46. The van der Waals surface area contributed by atoms with E-state index < -0.39 is 17.7 Å². The van der Waals surface area contributed by atoms with E-state index in [1.165, 1.54) is 4.90 Å². The van der Waals surface area contributed by atoms with Gasteiger partial charge in [0, 0.05) is 24.5 Å². The van der Waals surface area contributed by atoms with Crippen molar-refractivity contribution in [3.8, 4) is 11.5 Å². The van der Waals surface area contributed by atoms with Crippen LogP contribution in [0.25, 0.3) is 5.76 Å². The monoisotopic (exact) mass is 514 g/mol. The zero-order valence-corrected chi connectivity index (χ0v) is 22.1. The van der Waals surface area contributed by atoms with Crippen molar-refractivity contribution >= 4 is 17.4 Å². The van der Waals surface area contributed by atoms with Crippen molar-refractivity contribution in [3.05, 3.63) is 95.3 Å². The Labute approximate surface area is 223 Å². The number of nitrogens with zero attached hydrogens (tertiary/aromatic N) is 2. The zero-order valence-electron chi connectivity index (χ0n) is 22.1. The highest BCUT2D eigenvalue weighted by Gasteiger charge is 2.46. The van der Waals surface area contributed by atoms with Gasteiger partial charge in [0.25, 0.3) is 11.7 Å². The smallest absolute Gasteiger partial charge is 0.295 e. The van der Waals surface area contributed by atoms with Crippen molar-refractivity contribution in [1.29, 1.82) is 0 Å². The van der Waals surface area contributed by atoms with E-state index in [0.717, 1.165) is 18.4 Å². The highest BCUT2D eigenvalue weighted by Crippen LogP contribution is 2.41. The van der Waals surface area contributed by atoms with Gasteiger partial charge in [0.05, 0.1) is 24.8 Å². The average Bonchev–Trinajstić information content (AvgIpc) is 3.17. The summed E-state index contributed by atoms with van der Waals surface area (Å²) in [4.78, 5) is 32.2. The molecule has 1 aromatic heterocycles. The van der Waals surface area contributed by atoms with E-state index in [-0.39, 0.29) is 17.9 Å². The lowest BCUT2D eigenvalue weighted by Crippen LogP contribution is -2.29. The third-order valence-corrected chi connectivity index (χ3v) is 6.38. The number of ketones is 1. The molecule has 1 saturated heterocycles. The van der Waals surface area contributed by atoms with Crippen LogP contribution in [0.1, 0.15) is 56.3 Å². The normalized spacial score (nSPS) is 16.7. The minimum absolute atomic E-state index is 0.0469. The van der Waals surface area contributed by atoms with Crippen molar-refractivity contribution in [2.45, 2.75) is 46.2 Å². The molecule has 7 heteroatoms. The first-order valence-electron chi connectivity index (χ1n) is 13.0. The van der Waals surface area contributed by atoms with Crippen LogP contribution in [-0.4, -0.2) is 39.9 Å². The summed E-state index contributed by atoms with van der Waals surface area (Å²) >= 11 is 0. The maximum Gasteiger partial charge on any atom is 0.295 e. The van der Waals surface area contributed by atoms with Gasteiger partial charge >= 0.3 is 0 Å². The number of Topliss-reactive ketones (excluding diaryl/α,β-unsaturated/α-hetero) is 1. The summed E-state index contributed by atoms with van der Waals surface area (Å²) in [5.41, 5.74) is 1.99. The summed E-state index contributed by atoms with van der Waals surface area (Å²) in [6.45, 7) is 7.63. The van der Waals surface area contributed by atoms with Gasteiger partial charge in [0.2, 0.25) is 0 Å². The van der Waals surface area contributed by atoms with Crippen molar-refractivity contribution in [3.63, 3.8) is 0 Å². The van der Waals surface area contributed by atoms with E-state index in [2.05, 4.69) is 18.8 Å². The van der Waals surface area contributed by atoms with Gasteiger partial charge in [-0.05, 0) is 78.4 Å². The van der Waals surface area contributed by atoms with Crippen LogP contribution < -0.4 is 9.47 Å². The van der Waals surface area contributed by atoms with Gasteiger partial charge in [-0.1, -0.05) is 32.9 Å². The Balaban J connectivity index is 1.75. The molecular weight excluding hydrogens is 480 g/mol. The van der Waals surface area contributed by atoms with Gasteiger partial charge in [-0.3, -0.25) is 14.6 Å². The molecular formula is C31H34N2O5. The molecule has 0 aliphatic carbocycles. The Morgan fingerprint density at radius 2 is 1.68 bits per heavy atom. The fourth-order valence-corrected chi connectivity index (χ4v) is 4.35. The molecule has 38 heavy (non-hydrogen) atoms. The van der Waals surface area contributed by atoms with Crippen LogP contribution in [0.2, 0.25) is 0 Å². The minimum Gasteiger partial charge on any atom is -0.507 e. The molecule has 1 fully saturated rings. The topological polar surface area (TPSA) is 89.0 Å². The first-order valence-corrected chi connectivity index (χ1v) is 13.0. The fourth-order valence-electron chi connectivity index (χ4n) is 4.35. The third-order valence-electron chi connectivity index (χ3n) is 6.38. The first-order chi connectivity index (χ1) is 18.4. The largest absolute Gasteiger partial charge is 0.507 e. The van der Waals surface area contributed by atoms with E-state index >= 15 is 0 Å². The quantitative estimate of drug-likeness (QED) is 0.194. The van der Waals surface area contributed by atoms with Crippen molar-refractivity contribution in [2.75, 3.05) is 13.2 Å². The van der Waals surface area contributed by atoms with Crippen molar-refractivity contribution in [2.24, 2.45) is 5.92 Å². The molecule has 3 aromatic rings. The third kappa shape index (κ3) is 6.22. The van der Waals surface area contributed by atoms with Gasteiger partial charge < -0.3 is 19.5 Å². The maximum atomic E-state index is 13.4. The molecule has 2 aromatic carbocycles. The summed E-state index contributed by atoms with van der Waals surface area (Å²) < 4.78 is 11.6. The van der Waals surface area contributed by atoms with E-state index in [9.17, 15) is 14.7 Å². The highest BCUT2D eigenvalue weighted by atomic mass is 16.5. The number of carbonyl (C=O) groups excluding carboxylic acids is 2. The SMILES string of the molecule is CCCOc1ccc(/C(O)=C2\C(=O)C(=O)N(Cc3ccncc3)C2c2cccc(OCCC(C)C)c2)cc1. The molecule has 1 aliphatic rings. The second kappa shape index (κ2) is 12.4. The number of aliphatic hydroxyl groups is 1. The van der Waals surface area contributed by atoms with Crippen LogP contribution in [0.5, 0.6) is 11.5 Å². The second-order valence-corrected chi connectivity index (χ2v) is 9.76. The van der Waals surface area contributed by atoms with Gasteiger partial charge in [-0.2, -0.15) is 0 Å². The molecule has 0 bridgehead atoms. The molecule has 0 saturated carbocycles. The van der Waals surface area contributed by atoms with Gasteiger partial charge in [-0.15, -0.1) is 0 Å². The number of benzene rings is 2. The lowest BCUT2D eigenvalue weighted by molar-refractivity contribution is -0.140. The first kappa shape index (κ1) is 26.9. The van der Waals surface area contributed by atoms with E-state index in [4.69, 9.17) is 9.47 Å². The summed E-state index contributed by atoms with van der Waals surface area (Å²) in [6.07, 6.45) is 5.07. The predicted molar refractivity (Wildman–Crippen MR) is 146 cm³/mol. The number of rotatable bonds is 11. The van der Waals surface area contributed by atoms with Crippen LogP contribution in [0.4, 0.5) is 0 Å². The molecule has 0 radical (unpaired) electrons. The number of hydrogen-bond donors (Lipinski definition) is 1. The number of amides is 1. The molecule has 1 amide bonds. The number of ether oxygens (including phenoxy) is 2. The summed E-state index contributed by atoms with van der Waals surface area (Å²) in [5, 5.41) is 11.4. The number of carbonyl (C=O) groups is 2. The molecule has 1 aliphatic heterocycles. The standard InChI is InChI=1S/C31H34N2O5/c1-4-17-37-25-10-8-23(9-11-25)29(34)27-28(24-6-5-7-26(19-24)38-18-14-21(2)3)33(31(36)30(27)35)20-22-12-15-32-16-13-22/h5-13,15-16,19,21,28,34H,4,14,17-18,20H2,1-3H3/b29-27+. The van der Waals surface area contributed by atoms with Crippen molar-refractivity contribution in [1.82, 2.24) is 9.88 Å². The molecule has 2 heterocycles. The number of aliphatic hydroxyl groups excluding tert-OH is 1. The van der Waals surface area contributed by atoms with E-state index in [1.807, 2.05) is 31.2 Å². The van der Waals surface area contributed by atoms with Crippen LogP contribution in [0, 0.1) is 5.92 Å². The molecule has 1 atom stereocenters. The Morgan fingerprint density at radius 3 is 2.37 bits per heavy atom. The Bertz CT molecular complexity index is 1290. The predicted octanol–water partition coefficient (Wildman–Crippen LogP) is 5.92. The molecule has 1 N–H and O–H groups in total. The van der Waals surface area contributed by atoms with Crippen LogP contribution >= 0.6 is 0 Å². The fraction of sp³-hybridized carbons (Fsp3) is 0.323. The lowest BCUT2D eigenvalue weighted by atomic mass is 9.95. The molecule has 7 nitrogen and oxygen atoms in total. The summed E-state index contributed by atoms with van der Waals surface area (Å²) in [5.74, 6) is 0.212. The van der Waals surface area contributed by atoms with Gasteiger partial charge in [-0.25, -0.2) is 0 Å². The van der Waals surface area contributed by atoms with Crippen LogP contribution in [0.3, 0.4) is 0 Å². The van der Waals surface area contributed by atoms with Crippen molar-refractivity contribution < 1.29 is 24.2 Å². The van der Waals surface area contributed by atoms with E-state index in [1.54, 1.807) is 48.8 Å². The molecule has 4 rings (SSSR count). The lowest BCUT2D eigenvalue weighted by Gasteiger charge is -2.26. The second-order valence-electron chi connectivity index (χ2n) is 9.76. The maximum absolute atomic E-state index is 13.4. The molecule has 0 spiro atoms. The summed E-state index contributed by atoms with van der Waals surface area (Å²) in [6, 6.07) is 17.1. The minimum atomic E-state index is -0.784. The number of hydrogen-bond acceptors (Lipinski definition) is 6. The zero-order chi connectivity index (χ0) is 27.1. The summed E-state index contributed by atoms with van der Waals surface area (Å²) in [7, 11) is 0. The van der Waals surface area contributed by atoms with Gasteiger partial charge in [0.1, 0.15) is 17.3 Å². The van der Waals surface area contributed by atoms with Crippen LogP contribution in [-0.2, 0) is 16.1 Å². The van der Waals surface area contributed by atoms with E-state index in [0.29, 0.717) is 41.8 Å². The number of aromatic nitrogens is 1. The molecule has 1 unspecified atom stereocenters. The Morgan fingerprint density at radius 1 is 0.974 bits per heavy atom. The van der Waals surface area contributed by atoms with Crippen LogP contribution in [0.15, 0.2) is 78.6 Å². The Kier molecular flexibility index (Phi) is 8.79.